The molecular formula is C15H18OSe. The molecule has 0 saturated carbocycles. The molecule has 0 aliphatic heterocycles. The second-order valence-electron chi connectivity index (χ2n) is 3.63. The van der Waals surface area contributed by atoms with Crippen molar-refractivity contribution in [3.05, 3.63) is 43.0 Å². The first-order valence-corrected chi connectivity index (χ1v) is 7.77. The Labute approximate surface area is 110 Å². The number of terminal acetylenes is 1. The average molecular weight is 293 g/mol. The van der Waals surface area contributed by atoms with Crippen LogP contribution in [-0.4, -0.2) is 27.7 Å². The number of ether oxygens (including phenoxy) is 1. The molecule has 0 bridgehead atoms. The zero-order valence-electron chi connectivity index (χ0n) is 9.97. The molecular weight excluding hydrogens is 275 g/mol. The van der Waals surface area contributed by atoms with Crippen molar-refractivity contribution in [3.63, 3.8) is 0 Å². The van der Waals surface area contributed by atoms with Gasteiger partial charge in [-0.15, -0.1) is 0 Å². The van der Waals surface area contributed by atoms with E-state index in [9.17, 15) is 0 Å². The van der Waals surface area contributed by atoms with Crippen LogP contribution in [0, 0.1) is 12.3 Å². The molecule has 1 aromatic carbocycles. The molecule has 0 aliphatic carbocycles. The van der Waals surface area contributed by atoms with Gasteiger partial charge < -0.3 is 0 Å². The topological polar surface area (TPSA) is 9.23 Å². The first-order chi connectivity index (χ1) is 8.36. The number of benzene rings is 1. The second kappa shape index (κ2) is 9.07. The van der Waals surface area contributed by atoms with E-state index in [0.717, 1.165) is 18.2 Å². The van der Waals surface area contributed by atoms with Gasteiger partial charge in [0, 0.05) is 0 Å². The molecule has 17 heavy (non-hydrogen) atoms. The van der Waals surface area contributed by atoms with Crippen LogP contribution < -0.4 is 4.46 Å². The van der Waals surface area contributed by atoms with Gasteiger partial charge in [0.05, 0.1) is 0 Å². The molecule has 0 aromatic heterocycles. The predicted molar refractivity (Wildman–Crippen MR) is 74.6 cm³/mol. The van der Waals surface area contributed by atoms with E-state index in [4.69, 9.17) is 11.2 Å². The van der Waals surface area contributed by atoms with E-state index in [-0.39, 0.29) is 6.10 Å². The van der Waals surface area contributed by atoms with Gasteiger partial charge in [0.1, 0.15) is 0 Å². The van der Waals surface area contributed by atoms with Crippen molar-refractivity contribution in [3.8, 4) is 12.3 Å². The Morgan fingerprint density at radius 2 is 2.18 bits per heavy atom. The maximum atomic E-state index is 5.65. The van der Waals surface area contributed by atoms with Gasteiger partial charge in [-0.1, -0.05) is 0 Å². The van der Waals surface area contributed by atoms with Crippen LogP contribution in [0.1, 0.15) is 12.8 Å². The van der Waals surface area contributed by atoms with E-state index < -0.39 is 0 Å². The Bertz CT molecular complexity index is 353. The molecule has 1 rings (SSSR count). The van der Waals surface area contributed by atoms with Crippen molar-refractivity contribution in [1.82, 2.24) is 0 Å². The summed E-state index contributed by atoms with van der Waals surface area (Å²) in [6.07, 6.45) is 9.42. The average Bonchev–Trinajstić information content (AvgIpc) is 2.39. The van der Waals surface area contributed by atoms with E-state index in [2.05, 4.69) is 36.8 Å². The minimum absolute atomic E-state index is 0.268. The fourth-order valence-corrected chi connectivity index (χ4v) is 3.47. The minimum atomic E-state index is 0.268. The Morgan fingerprint density at radius 3 is 2.82 bits per heavy atom. The van der Waals surface area contributed by atoms with Gasteiger partial charge in [0.2, 0.25) is 0 Å². The third kappa shape index (κ3) is 6.34. The third-order valence-electron chi connectivity index (χ3n) is 2.27. The number of hydrogen-bond acceptors (Lipinski definition) is 1. The van der Waals surface area contributed by atoms with Crippen LogP contribution in [0.15, 0.2) is 43.0 Å². The Balaban J connectivity index is 2.37. The molecule has 1 nitrogen and oxygen atoms in total. The Morgan fingerprint density at radius 1 is 1.41 bits per heavy atom. The first-order valence-electron chi connectivity index (χ1n) is 5.70. The van der Waals surface area contributed by atoms with Crippen molar-refractivity contribution in [2.45, 2.75) is 24.3 Å². The van der Waals surface area contributed by atoms with Crippen molar-refractivity contribution >= 4 is 19.4 Å². The van der Waals surface area contributed by atoms with E-state index in [1.807, 2.05) is 12.1 Å². The number of hydrogen-bond donors (Lipinski definition) is 0. The van der Waals surface area contributed by atoms with Crippen LogP contribution in [-0.2, 0) is 4.74 Å². The van der Waals surface area contributed by atoms with Crippen molar-refractivity contribution in [2.24, 2.45) is 0 Å². The molecule has 1 aromatic rings. The summed E-state index contributed by atoms with van der Waals surface area (Å²) < 4.78 is 7.06. The molecule has 1 atom stereocenters. The zero-order valence-corrected chi connectivity index (χ0v) is 11.7. The van der Waals surface area contributed by atoms with Gasteiger partial charge in [-0.3, -0.25) is 0 Å². The fourth-order valence-electron chi connectivity index (χ4n) is 1.39. The van der Waals surface area contributed by atoms with E-state index in [1.165, 1.54) is 4.46 Å². The van der Waals surface area contributed by atoms with Gasteiger partial charge in [0.25, 0.3) is 0 Å². The van der Waals surface area contributed by atoms with Gasteiger partial charge in [-0.2, -0.15) is 0 Å². The number of rotatable bonds is 8. The van der Waals surface area contributed by atoms with Gasteiger partial charge in [-0.05, 0) is 0 Å². The van der Waals surface area contributed by atoms with Gasteiger partial charge in [0.15, 0.2) is 0 Å². The van der Waals surface area contributed by atoms with E-state index in [1.54, 1.807) is 0 Å². The van der Waals surface area contributed by atoms with E-state index >= 15 is 0 Å². The van der Waals surface area contributed by atoms with Crippen LogP contribution in [0.25, 0.3) is 0 Å². The molecule has 0 fully saturated rings. The SMILES string of the molecule is C#CCOC(CCC=C)C[Se]c1ccccc1. The summed E-state index contributed by atoms with van der Waals surface area (Å²) in [6, 6.07) is 10.6. The molecule has 0 heterocycles. The molecule has 2 heteroatoms. The molecule has 0 spiro atoms. The van der Waals surface area contributed by atoms with Crippen LogP contribution in [0.2, 0.25) is 5.32 Å². The molecule has 0 aliphatic rings. The van der Waals surface area contributed by atoms with Crippen molar-refractivity contribution in [2.75, 3.05) is 6.61 Å². The zero-order chi connectivity index (χ0) is 12.3. The number of allylic oxidation sites excluding steroid dienone is 1. The van der Waals surface area contributed by atoms with Gasteiger partial charge in [-0.25, -0.2) is 0 Å². The summed E-state index contributed by atoms with van der Waals surface area (Å²) in [6.45, 7) is 4.15. The predicted octanol–water partition coefficient (Wildman–Crippen LogP) is 2.42. The summed E-state index contributed by atoms with van der Waals surface area (Å²) in [7, 11) is 0. The Kier molecular flexibility index (Phi) is 7.51. The molecule has 0 radical (unpaired) electrons. The van der Waals surface area contributed by atoms with Crippen LogP contribution in [0.4, 0.5) is 0 Å². The Hall–Kier alpha value is -1.00. The monoisotopic (exact) mass is 294 g/mol. The molecule has 90 valence electrons. The summed E-state index contributed by atoms with van der Waals surface area (Å²) in [5.41, 5.74) is 0. The van der Waals surface area contributed by atoms with Gasteiger partial charge >= 0.3 is 110 Å². The quantitative estimate of drug-likeness (QED) is 0.406. The molecule has 0 saturated heterocycles. The summed E-state index contributed by atoms with van der Waals surface area (Å²) >= 11 is 0.460. The van der Waals surface area contributed by atoms with E-state index in [0.29, 0.717) is 21.6 Å². The molecule has 0 N–H and O–H groups in total. The molecule has 1 unspecified atom stereocenters. The third-order valence-corrected chi connectivity index (χ3v) is 4.67. The normalized spacial score (nSPS) is 11.7. The van der Waals surface area contributed by atoms with Crippen molar-refractivity contribution in [1.29, 1.82) is 0 Å². The molecule has 0 amide bonds. The summed E-state index contributed by atoms with van der Waals surface area (Å²) in [5.74, 6) is 2.53. The van der Waals surface area contributed by atoms with Crippen molar-refractivity contribution < 1.29 is 4.74 Å². The second-order valence-corrected chi connectivity index (χ2v) is 5.92. The fraction of sp³-hybridized carbons (Fsp3) is 0.333. The standard InChI is InChI=1S/C15H18OSe/c1-3-5-9-14(16-12-4-2)13-17-15-10-7-6-8-11-15/h2-3,6-8,10-11,14H,1,5,9,12-13H2. The summed E-state index contributed by atoms with van der Waals surface area (Å²) in [4.78, 5) is 0. The first kappa shape index (κ1) is 14.1. The van der Waals surface area contributed by atoms with Crippen LogP contribution >= 0.6 is 0 Å². The van der Waals surface area contributed by atoms with Crippen LogP contribution in [0.5, 0.6) is 0 Å². The summed E-state index contributed by atoms with van der Waals surface area (Å²) in [5, 5.41) is 1.08. The van der Waals surface area contributed by atoms with Crippen LogP contribution in [0.3, 0.4) is 0 Å². The maximum absolute atomic E-state index is 5.65.